The van der Waals surface area contributed by atoms with Crippen LogP contribution in [-0.4, -0.2) is 9.97 Å². The summed E-state index contributed by atoms with van der Waals surface area (Å²) in [5, 5.41) is 0.778. The summed E-state index contributed by atoms with van der Waals surface area (Å²) in [6.45, 7) is 0.512. The predicted molar refractivity (Wildman–Crippen MR) is 45.5 cm³/mol. The molecule has 2 heterocycles. The zero-order valence-electron chi connectivity index (χ0n) is 6.23. The number of hydrogen-bond donors (Lipinski definition) is 1. The second-order valence-corrected chi connectivity index (χ2v) is 3.29. The van der Waals surface area contributed by atoms with Crippen molar-refractivity contribution in [2.45, 2.75) is 6.54 Å². The second-order valence-electron chi connectivity index (χ2n) is 2.17. The molecule has 0 saturated heterocycles. The van der Waals surface area contributed by atoms with E-state index in [4.69, 9.17) is 10.2 Å². The summed E-state index contributed by atoms with van der Waals surface area (Å²) in [5.41, 5.74) is 5.44. The number of hydrogen-bond acceptors (Lipinski definition) is 5. The minimum Gasteiger partial charge on any atom is -0.443 e. The summed E-state index contributed by atoms with van der Waals surface area (Å²) in [7, 11) is 0. The van der Waals surface area contributed by atoms with E-state index in [0.29, 0.717) is 12.4 Å². The van der Waals surface area contributed by atoms with Gasteiger partial charge in [0.2, 0.25) is 0 Å². The molecule has 0 aliphatic carbocycles. The second kappa shape index (κ2) is 3.04. The molecule has 62 valence electrons. The van der Waals surface area contributed by atoms with Crippen LogP contribution >= 0.6 is 11.3 Å². The van der Waals surface area contributed by atoms with E-state index in [1.807, 2.05) is 0 Å². The molecule has 2 rings (SSSR count). The van der Waals surface area contributed by atoms with Gasteiger partial charge >= 0.3 is 0 Å². The van der Waals surface area contributed by atoms with Gasteiger partial charge in [0.1, 0.15) is 6.26 Å². The fourth-order valence-electron chi connectivity index (χ4n) is 0.830. The number of nitrogens with zero attached hydrogens (tertiary/aromatic N) is 2. The average molecular weight is 181 g/mol. The fourth-order valence-corrected chi connectivity index (χ4v) is 1.56. The zero-order chi connectivity index (χ0) is 8.39. The highest BCUT2D eigenvalue weighted by Gasteiger charge is 2.06. The summed E-state index contributed by atoms with van der Waals surface area (Å²) in [6.07, 6.45) is 4.86. The van der Waals surface area contributed by atoms with Gasteiger partial charge in [-0.3, -0.25) is 0 Å². The van der Waals surface area contributed by atoms with E-state index in [-0.39, 0.29) is 0 Å². The fraction of sp³-hybridized carbons (Fsp3) is 0.143. The first-order valence-corrected chi connectivity index (χ1v) is 4.26. The Morgan fingerprint density at radius 1 is 1.50 bits per heavy atom. The largest absolute Gasteiger partial charge is 0.443 e. The Balaban J connectivity index is 2.35. The Hall–Kier alpha value is -1.20. The summed E-state index contributed by atoms with van der Waals surface area (Å²) >= 11 is 1.50. The van der Waals surface area contributed by atoms with Crippen molar-refractivity contribution in [3.63, 3.8) is 0 Å². The molecule has 0 radical (unpaired) electrons. The molecule has 4 nitrogen and oxygen atoms in total. The summed E-state index contributed by atoms with van der Waals surface area (Å²) < 4.78 is 5.07. The number of rotatable bonds is 2. The van der Waals surface area contributed by atoms with Crippen molar-refractivity contribution in [2.24, 2.45) is 5.73 Å². The first kappa shape index (κ1) is 7.45. The van der Waals surface area contributed by atoms with E-state index in [1.165, 1.54) is 17.6 Å². The Kier molecular flexibility index (Phi) is 1.89. The van der Waals surface area contributed by atoms with Crippen molar-refractivity contribution >= 4 is 11.3 Å². The molecule has 0 aliphatic heterocycles. The van der Waals surface area contributed by atoms with Crippen molar-refractivity contribution < 1.29 is 4.42 Å². The Bertz CT molecular complexity index is 354. The van der Waals surface area contributed by atoms with E-state index in [2.05, 4.69) is 9.97 Å². The van der Waals surface area contributed by atoms with Crippen LogP contribution in [0.15, 0.2) is 23.1 Å². The van der Waals surface area contributed by atoms with Crippen LogP contribution in [0.25, 0.3) is 10.9 Å². The van der Waals surface area contributed by atoms with Crippen molar-refractivity contribution in [3.8, 4) is 10.9 Å². The summed E-state index contributed by atoms with van der Waals surface area (Å²) in [4.78, 5) is 9.12. The molecule has 12 heavy (non-hydrogen) atoms. The van der Waals surface area contributed by atoms with Gasteiger partial charge in [0.25, 0.3) is 5.89 Å². The van der Waals surface area contributed by atoms with E-state index < -0.39 is 0 Å². The van der Waals surface area contributed by atoms with Crippen LogP contribution in [0.1, 0.15) is 4.88 Å². The lowest BCUT2D eigenvalue weighted by Gasteiger charge is -1.84. The molecular weight excluding hydrogens is 174 g/mol. The maximum Gasteiger partial charge on any atom is 0.255 e. The van der Waals surface area contributed by atoms with Crippen LogP contribution in [-0.2, 0) is 6.54 Å². The molecule has 0 fully saturated rings. The molecule has 0 amide bonds. The first-order chi connectivity index (χ1) is 5.90. The molecule has 2 aromatic rings. The molecule has 0 spiro atoms. The zero-order valence-corrected chi connectivity index (χ0v) is 7.04. The lowest BCUT2D eigenvalue weighted by atomic mass is 10.6. The summed E-state index contributed by atoms with van der Waals surface area (Å²) in [6, 6.07) is 0. The van der Waals surface area contributed by atoms with Crippen LogP contribution in [0.2, 0.25) is 0 Å². The predicted octanol–water partition coefficient (Wildman–Crippen LogP) is 1.26. The van der Waals surface area contributed by atoms with E-state index >= 15 is 0 Å². The molecule has 0 unspecified atom stereocenters. The van der Waals surface area contributed by atoms with Gasteiger partial charge in [0.15, 0.2) is 5.01 Å². The van der Waals surface area contributed by atoms with E-state index in [1.54, 1.807) is 12.4 Å². The minimum atomic E-state index is 0.512. The average Bonchev–Trinajstić information content (AvgIpc) is 2.75. The molecule has 0 atom stereocenters. The van der Waals surface area contributed by atoms with Gasteiger partial charge in [-0.2, -0.15) is 0 Å². The Morgan fingerprint density at radius 3 is 3.00 bits per heavy atom. The maximum atomic E-state index is 5.44. The highest BCUT2D eigenvalue weighted by Crippen LogP contribution is 2.22. The lowest BCUT2D eigenvalue weighted by molar-refractivity contribution is 0.574. The van der Waals surface area contributed by atoms with Crippen LogP contribution in [0, 0.1) is 0 Å². The number of nitrogens with two attached hydrogens (primary N) is 1. The van der Waals surface area contributed by atoms with Crippen LogP contribution in [0.4, 0.5) is 0 Å². The molecule has 0 aromatic carbocycles. The highest BCUT2D eigenvalue weighted by atomic mass is 32.1. The van der Waals surface area contributed by atoms with Crippen LogP contribution < -0.4 is 5.73 Å². The molecule has 2 N–H and O–H groups in total. The third-order valence-corrected chi connectivity index (χ3v) is 2.38. The number of aromatic nitrogens is 2. The Labute approximate surface area is 73.1 Å². The molecule has 0 aliphatic rings. The highest BCUT2D eigenvalue weighted by molar-refractivity contribution is 7.14. The third kappa shape index (κ3) is 1.24. The van der Waals surface area contributed by atoms with E-state index in [9.17, 15) is 0 Å². The van der Waals surface area contributed by atoms with Gasteiger partial charge in [0.05, 0.1) is 6.20 Å². The van der Waals surface area contributed by atoms with Gasteiger partial charge in [0, 0.05) is 17.6 Å². The third-order valence-electron chi connectivity index (χ3n) is 1.37. The van der Waals surface area contributed by atoms with Gasteiger partial charge < -0.3 is 10.2 Å². The van der Waals surface area contributed by atoms with Crippen molar-refractivity contribution in [1.82, 2.24) is 9.97 Å². The first-order valence-electron chi connectivity index (χ1n) is 3.45. The number of oxazole rings is 1. The van der Waals surface area contributed by atoms with Gasteiger partial charge in [-0.15, -0.1) is 11.3 Å². The standard InChI is InChI=1S/C7H7N3OS/c8-3-5-4-10-7(12-5)6-9-1-2-11-6/h1-2,4H,3,8H2. The molecular formula is C7H7N3OS. The normalized spacial score (nSPS) is 10.4. The Morgan fingerprint density at radius 2 is 2.42 bits per heavy atom. The van der Waals surface area contributed by atoms with Crippen molar-refractivity contribution in [3.05, 3.63) is 23.5 Å². The van der Waals surface area contributed by atoms with Gasteiger partial charge in [-0.05, 0) is 0 Å². The number of thiazole rings is 1. The molecule has 5 heteroatoms. The summed E-state index contributed by atoms with van der Waals surface area (Å²) in [5.74, 6) is 0.555. The monoisotopic (exact) mass is 181 g/mol. The molecule has 0 saturated carbocycles. The quantitative estimate of drug-likeness (QED) is 0.757. The smallest absolute Gasteiger partial charge is 0.255 e. The molecule has 2 aromatic heterocycles. The van der Waals surface area contributed by atoms with Crippen molar-refractivity contribution in [2.75, 3.05) is 0 Å². The topological polar surface area (TPSA) is 64.9 Å². The van der Waals surface area contributed by atoms with Crippen LogP contribution in [0.5, 0.6) is 0 Å². The maximum absolute atomic E-state index is 5.44. The van der Waals surface area contributed by atoms with Crippen molar-refractivity contribution in [1.29, 1.82) is 0 Å². The van der Waals surface area contributed by atoms with Gasteiger partial charge in [-0.25, -0.2) is 9.97 Å². The van der Waals surface area contributed by atoms with Gasteiger partial charge in [-0.1, -0.05) is 0 Å². The molecule has 0 bridgehead atoms. The van der Waals surface area contributed by atoms with Crippen LogP contribution in [0.3, 0.4) is 0 Å². The SMILES string of the molecule is NCc1cnc(-c2ncco2)s1. The van der Waals surface area contributed by atoms with E-state index in [0.717, 1.165) is 9.88 Å². The minimum absolute atomic E-state index is 0.512. The lowest BCUT2D eigenvalue weighted by Crippen LogP contribution is -1.91.